The van der Waals surface area contributed by atoms with E-state index in [2.05, 4.69) is 20.9 Å². The first-order chi connectivity index (χ1) is 9.70. The molecule has 20 heavy (non-hydrogen) atoms. The van der Waals surface area contributed by atoms with Gasteiger partial charge in [-0.2, -0.15) is 0 Å². The van der Waals surface area contributed by atoms with Crippen LogP contribution >= 0.6 is 0 Å². The molecule has 0 spiro atoms. The summed E-state index contributed by atoms with van der Waals surface area (Å²) >= 11 is 0. The van der Waals surface area contributed by atoms with E-state index in [1.165, 1.54) is 25.3 Å². The summed E-state index contributed by atoms with van der Waals surface area (Å²) in [5.74, 6) is 1.10. The Morgan fingerprint density at radius 1 is 1.35 bits per heavy atom. The highest BCUT2D eigenvalue weighted by Crippen LogP contribution is 2.31. The minimum Gasteiger partial charge on any atom is -0.326 e. The van der Waals surface area contributed by atoms with E-state index in [-0.39, 0.29) is 5.91 Å². The topological polar surface area (TPSA) is 50.2 Å². The van der Waals surface area contributed by atoms with Gasteiger partial charge in [-0.3, -0.25) is 9.69 Å². The number of hydrogen-bond donors (Lipinski definition) is 1. The molecular formula is C15H18N4O. The van der Waals surface area contributed by atoms with Gasteiger partial charge >= 0.3 is 0 Å². The molecule has 1 aromatic heterocycles. The van der Waals surface area contributed by atoms with E-state index in [9.17, 15) is 4.79 Å². The summed E-state index contributed by atoms with van der Waals surface area (Å²) in [6.45, 7) is 4.61. The number of carbonyl (C=O) groups is 1. The van der Waals surface area contributed by atoms with Crippen molar-refractivity contribution >= 4 is 22.6 Å². The zero-order chi connectivity index (χ0) is 13.7. The molecule has 2 aliphatic rings. The Balaban J connectivity index is 1.70. The normalized spacial score (nSPS) is 19.1. The standard InChI is InChI=1S/C15H18N4O/c1-10(20)16-11-2-5-14-13(8-11)17-15-9-18(12-3-4-12)6-7-19(14)15/h2,5,8,12H,3-4,6-7,9H2,1H3,(H,16,20). The van der Waals surface area contributed by atoms with Crippen LogP contribution < -0.4 is 5.32 Å². The number of rotatable bonds is 2. The highest BCUT2D eigenvalue weighted by atomic mass is 16.1. The van der Waals surface area contributed by atoms with Crippen molar-refractivity contribution in [1.82, 2.24) is 14.5 Å². The monoisotopic (exact) mass is 270 g/mol. The molecule has 1 N–H and O–H groups in total. The van der Waals surface area contributed by atoms with Gasteiger partial charge in [0, 0.05) is 31.7 Å². The summed E-state index contributed by atoms with van der Waals surface area (Å²) in [4.78, 5) is 18.4. The number of aromatic nitrogens is 2. The molecule has 1 fully saturated rings. The smallest absolute Gasteiger partial charge is 0.221 e. The summed E-state index contributed by atoms with van der Waals surface area (Å²) in [6, 6.07) is 6.76. The molecule has 0 unspecified atom stereocenters. The van der Waals surface area contributed by atoms with Crippen LogP contribution in [0.5, 0.6) is 0 Å². The van der Waals surface area contributed by atoms with E-state index < -0.39 is 0 Å². The minimum atomic E-state index is -0.0479. The second-order valence-electron chi connectivity index (χ2n) is 5.77. The summed E-state index contributed by atoms with van der Waals surface area (Å²) in [5.41, 5.74) is 2.97. The van der Waals surface area contributed by atoms with Gasteiger partial charge in [0.15, 0.2) is 0 Å². The number of nitrogens with one attached hydrogen (secondary N) is 1. The molecule has 1 aromatic carbocycles. The molecule has 1 aliphatic carbocycles. The summed E-state index contributed by atoms with van der Waals surface area (Å²) in [5, 5.41) is 2.82. The van der Waals surface area contributed by atoms with Crippen molar-refractivity contribution in [3.05, 3.63) is 24.0 Å². The Morgan fingerprint density at radius 3 is 2.95 bits per heavy atom. The van der Waals surface area contributed by atoms with Crippen molar-refractivity contribution in [2.45, 2.75) is 38.9 Å². The summed E-state index contributed by atoms with van der Waals surface area (Å²) in [6.07, 6.45) is 2.68. The lowest BCUT2D eigenvalue weighted by atomic mass is 10.2. The Kier molecular flexibility index (Phi) is 2.57. The van der Waals surface area contributed by atoms with Gasteiger partial charge < -0.3 is 9.88 Å². The van der Waals surface area contributed by atoms with Crippen LogP contribution in [0.25, 0.3) is 11.0 Å². The number of fused-ring (bicyclic) bond motifs is 3. The maximum Gasteiger partial charge on any atom is 0.221 e. The van der Waals surface area contributed by atoms with Crippen LogP contribution in [0.3, 0.4) is 0 Å². The van der Waals surface area contributed by atoms with E-state index in [0.29, 0.717) is 0 Å². The number of anilines is 1. The first kappa shape index (κ1) is 11.9. The fourth-order valence-corrected chi connectivity index (χ4v) is 3.07. The molecule has 104 valence electrons. The average Bonchev–Trinajstić information content (AvgIpc) is 3.19. The Labute approximate surface area is 117 Å². The van der Waals surface area contributed by atoms with Gasteiger partial charge in [0.25, 0.3) is 0 Å². The van der Waals surface area contributed by atoms with Gasteiger partial charge in [-0.05, 0) is 31.0 Å². The highest BCUT2D eigenvalue weighted by molar-refractivity contribution is 5.91. The van der Waals surface area contributed by atoms with Gasteiger partial charge in [-0.1, -0.05) is 0 Å². The molecule has 5 nitrogen and oxygen atoms in total. The van der Waals surface area contributed by atoms with Crippen molar-refractivity contribution in [2.24, 2.45) is 0 Å². The Hall–Kier alpha value is -1.88. The quantitative estimate of drug-likeness (QED) is 0.907. The molecule has 2 heterocycles. The van der Waals surface area contributed by atoms with Crippen molar-refractivity contribution < 1.29 is 4.79 Å². The van der Waals surface area contributed by atoms with Crippen LogP contribution in [0.2, 0.25) is 0 Å². The zero-order valence-corrected chi connectivity index (χ0v) is 11.6. The van der Waals surface area contributed by atoms with Gasteiger partial charge in [-0.15, -0.1) is 0 Å². The fourth-order valence-electron chi connectivity index (χ4n) is 3.07. The molecule has 1 saturated carbocycles. The third-order valence-electron chi connectivity index (χ3n) is 4.17. The lowest BCUT2D eigenvalue weighted by molar-refractivity contribution is -0.114. The predicted molar refractivity (Wildman–Crippen MR) is 77.5 cm³/mol. The number of amides is 1. The number of imidazole rings is 1. The van der Waals surface area contributed by atoms with Crippen LogP contribution in [-0.2, 0) is 17.9 Å². The van der Waals surface area contributed by atoms with E-state index in [0.717, 1.165) is 42.7 Å². The molecule has 1 amide bonds. The van der Waals surface area contributed by atoms with E-state index >= 15 is 0 Å². The van der Waals surface area contributed by atoms with Crippen LogP contribution in [0.1, 0.15) is 25.6 Å². The molecule has 0 radical (unpaired) electrons. The number of hydrogen-bond acceptors (Lipinski definition) is 3. The molecule has 0 saturated heterocycles. The third-order valence-corrected chi connectivity index (χ3v) is 4.17. The number of benzene rings is 1. The molecule has 0 bridgehead atoms. The number of nitrogens with zero attached hydrogens (tertiary/aromatic N) is 3. The van der Waals surface area contributed by atoms with E-state index in [1.807, 2.05) is 12.1 Å². The summed E-state index contributed by atoms with van der Waals surface area (Å²) in [7, 11) is 0. The molecule has 1 aliphatic heterocycles. The lowest BCUT2D eigenvalue weighted by Crippen LogP contribution is -2.35. The largest absolute Gasteiger partial charge is 0.326 e. The lowest BCUT2D eigenvalue weighted by Gasteiger charge is -2.27. The Morgan fingerprint density at radius 2 is 2.20 bits per heavy atom. The van der Waals surface area contributed by atoms with Crippen LogP contribution in [0.15, 0.2) is 18.2 Å². The van der Waals surface area contributed by atoms with E-state index in [4.69, 9.17) is 4.98 Å². The van der Waals surface area contributed by atoms with Crippen LogP contribution in [0.4, 0.5) is 5.69 Å². The highest BCUT2D eigenvalue weighted by Gasteiger charge is 2.32. The molecule has 4 rings (SSSR count). The maximum absolute atomic E-state index is 11.1. The molecule has 2 aromatic rings. The first-order valence-electron chi connectivity index (χ1n) is 7.21. The number of carbonyl (C=O) groups excluding carboxylic acids is 1. The predicted octanol–water partition coefficient (Wildman–Crippen LogP) is 1.97. The van der Waals surface area contributed by atoms with Crippen molar-refractivity contribution in [3.63, 3.8) is 0 Å². The van der Waals surface area contributed by atoms with E-state index in [1.54, 1.807) is 0 Å². The molecule has 5 heteroatoms. The Bertz CT molecular complexity index is 686. The third kappa shape index (κ3) is 1.98. The van der Waals surface area contributed by atoms with Crippen LogP contribution in [0, 0.1) is 0 Å². The minimum absolute atomic E-state index is 0.0479. The summed E-state index contributed by atoms with van der Waals surface area (Å²) < 4.78 is 2.31. The average molecular weight is 270 g/mol. The SMILES string of the molecule is CC(=O)Nc1ccc2c(c1)nc1n2CCN(C2CC2)C1. The van der Waals surface area contributed by atoms with Crippen molar-refractivity contribution in [3.8, 4) is 0 Å². The second kappa shape index (κ2) is 4.31. The zero-order valence-electron chi connectivity index (χ0n) is 11.6. The maximum atomic E-state index is 11.1. The fraction of sp³-hybridized carbons (Fsp3) is 0.467. The van der Waals surface area contributed by atoms with Gasteiger partial charge in [0.1, 0.15) is 5.82 Å². The second-order valence-corrected chi connectivity index (χ2v) is 5.77. The van der Waals surface area contributed by atoms with Gasteiger partial charge in [0.2, 0.25) is 5.91 Å². The van der Waals surface area contributed by atoms with Crippen molar-refractivity contribution in [1.29, 1.82) is 0 Å². The molecular weight excluding hydrogens is 252 g/mol. The van der Waals surface area contributed by atoms with Crippen molar-refractivity contribution in [2.75, 3.05) is 11.9 Å². The van der Waals surface area contributed by atoms with Gasteiger partial charge in [-0.25, -0.2) is 4.98 Å². The molecule has 0 atom stereocenters. The van der Waals surface area contributed by atoms with Crippen LogP contribution in [-0.4, -0.2) is 32.9 Å². The van der Waals surface area contributed by atoms with Gasteiger partial charge in [0.05, 0.1) is 17.6 Å². The first-order valence-corrected chi connectivity index (χ1v) is 7.21.